The van der Waals surface area contributed by atoms with Crippen molar-refractivity contribution < 1.29 is 9.18 Å². The van der Waals surface area contributed by atoms with Crippen LogP contribution in [0, 0.1) is 32.5 Å². The minimum Gasteiger partial charge on any atom is -0.352 e. The van der Waals surface area contributed by atoms with Crippen LogP contribution in [0.25, 0.3) is 11.8 Å². The maximum atomic E-state index is 13.1. The van der Waals surface area contributed by atoms with E-state index in [-0.39, 0.29) is 17.6 Å². The topological polar surface area (TPSA) is 64.7 Å². The number of aromatic nitrogens is 4. The summed E-state index contributed by atoms with van der Waals surface area (Å²) >= 11 is 6.44. The van der Waals surface area contributed by atoms with Gasteiger partial charge in [0.25, 0.3) is 0 Å². The number of carbonyl (C=O) groups excluding carboxylic acids is 1. The van der Waals surface area contributed by atoms with Crippen LogP contribution in [-0.4, -0.2) is 32.0 Å². The van der Waals surface area contributed by atoms with Gasteiger partial charge < -0.3 is 5.32 Å². The second-order valence-electron chi connectivity index (χ2n) is 7.47. The highest BCUT2D eigenvalue weighted by Gasteiger charge is 2.13. The Labute approximate surface area is 180 Å². The van der Waals surface area contributed by atoms with Crippen molar-refractivity contribution in [2.24, 2.45) is 5.92 Å². The Morgan fingerprint density at radius 1 is 1.23 bits per heavy atom. The van der Waals surface area contributed by atoms with Crippen LogP contribution in [-0.2, 0) is 11.3 Å². The zero-order valence-electron chi connectivity index (χ0n) is 17.5. The standard InChI is InChI=1S/C22H25ClFN5O/c1-14(13-28-16(3)11-15(2)26-28)12-25-21(30)10-9-20-17(4)27-29(22(20)23)19-7-5-18(24)6-8-19/h5-11,14H,12-13H2,1-4H3,(H,25,30)/b10-9+. The summed E-state index contributed by atoms with van der Waals surface area (Å²) in [5, 5.41) is 12.1. The van der Waals surface area contributed by atoms with Crippen molar-refractivity contribution in [3.05, 3.63) is 70.0 Å². The van der Waals surface area contributed by atoms with Crippen LogP contribution >= 0.6 is 11.6 Å². The van der Waals surface area contributed by atoms with E-state index in [1.807, 2.05) is 24.6 Å². The Morgan fingerprint density at radius 3 is 2.57 bits per heavy atom. The third-order valence-electron chi connectivity index (χ3n) is 4.73. The summed E-state index contributed by atoms with van der Waals surface area (Å²) in [6.07, 6.45) is 3.09. The average Bonchev–Trinajstić information content (AvgIpc) is 3.16. The first-order valence-corrected chi connectivity index (χ1v) is 10.1. The van der Waals surface area contributed by atoms with Crippen LogP contribution in [0.4, 0.5) is 4.39 Å². The molecule has 0 aliphatic heterocycles. The molecule has 0 saturated carbocycles. The van der Waals surface area contributed by atoms with Gasteiger partial charge in [0.15, 0.2) is 0 Å². The first kappa shape index (κ1) is 21.8. The molecule has 30 heavy (non-hydrogen) atoms. The highest BCUT2D eigenvalue weighted by atomic mass is 35.5. The minimum absolute atomic E-state index is 0.208. The molecule has 2 aromatic heterocycles. The fraction of sp³-hybridized carbons (Fsp3) is 0.318. The predicted molar refractivity (Wildman–Crippen MR) is 116 cm³/mol. The van der Waals surface area contributed by atoms with E-state index in [0.717, 1.165) is 17.9 Å². The summed E-state index contributed by atoms with van der Waals surface area (Å²) in [5.41, 5.74) is 4.05. The average molecular weight is 430 g/mol. The molecule has 1 aromatic carbocycles. The SMILES string of the molecule is Cc1cc(C)n(CC(C)CNC(=O)/C=C/c2c(C)nn(-c3ccc(F)cc3)c2Cl)n1. The van der Waals surface area contributed by atoms with Crippen molar-refractivity contribution in [2.75, 3.05) is 6.54 Å². The zero-order valence-corrected chi connectivity index (χ0v) is 18.2. The maximum Gasteiger partial charge on any atom is 0.244 e. The normalized spacial score (nSPS) is 12.5. The first-order chi connectivity index (χ1) is 14.2. The van der Waals surface area contributed by atoms with E-state index in [9.17, 15) is 9.18 Å². The van der Waals surface area contributed by atoms with Gasteiger partial charge in [-0.1, -0.05) is 18.5 Å². The van der Waals surface area contributed by atoms with Crippen LogP contribution in [0.5, 0.6) is 0 Å². The number of carbonyl (C=O) groups is 1. The first-order valence-electron chi connectivity index (χ1n) is 9.72. The van der Waals surface area contributed by atoms with Gasteiger partial charge in [-0.2, -0.15) is 10.2 Å². The Balaban J connectivity index is 1.60. The van der Waals surface area contributed by atoms with Gasteiger partial charge in [-0.15, -0.1) is 0 Å². The Hall–Kier alpha value is -2.93. The summed E-state index contributed by atoms with van der Waals surface area (Å²) in [4.78, 5) is 12.2. The van der Waals surface area contributed by atoms with Crippen LogP contribution in [0.3, 0.4) is 0 Å². The van der Waals surface area contributed by atoms with Gasteiger partial charge in [-0.25, -0.2) is 9.07 Å². The summed E-state index contributed by atoms with van der Waals surface area (Å²) in [7, 11) is 0. The zero-order chi connectivity index (χ0) is 21.8. The number of benzene rings is 1. The summed E-state index contributed by atoms with van der Waals surface area (Å²) in [5.74, 6) is -0.310. The number of rotatable bonds is 7. The highest BCUT2D eigenvalue weighted by Crippen LogP contribution is 2.24. The van der Waals surface area contributed by atoms with Crippen molar-refractivity contribution in [3.63, 3.8) is 0 Å². The summed E-state index contributed by atoms with van der Waals surface area (Å²) in [6, 6.07) is 7.92. The van der Waals surface area contributed by atoms with Crippen molar-refractivity contribution in [1.29, 1.82) is 0 Å². The Bertz CT molecular complexity index is 1070. The molecule has 3 aromatic rings. The lowest BCUT2D eigenvalue weighted by Gasteiger charge is -2.13. The smallest absolute Gasteiger partial charge is 0.244 e. The minimum atomic E-state index is -0.331. The number of nitrogens with zero attached hydrogens (tertiary/aromatic N) is 4. The van der Waals surface area contributed by atoms with E-state index in [1.54, 1.807) is 25.1 Å². The molecule has 0 radical (unpaired) electrons. The number of hydrogen-bond acceptors (Lipinski definition) is 3. The molecule has 1 N–H and O–H groups in total. The molecule has 0 aliphatic carbocycles. The van der Waals surface area contributed by atoms with Crippen LogP contribution in [0.2, 0.25) is 5.15 Å². The summed E-state index contributed by atoms with van der Waals surface area (Å²) < 4.78 is 16.6. The van der Waals surface area contributed by atoms with E-state index in [2.05, 4.69) is 22.4 Å². The van der Waals surface area contributed by atoms with Crippen molar-refractivity contribution in [2.45, 2.75) is 34.2 Å². The second kappa shape index (κ2) is 9.26. The number of amides is 1. The molecule has 0 bridgehead atoms. The van der Waals surface area contributed by atoms with Gasteiger partial charge >= 0.3 is 0 Å². The molecule has 3 rings (SSSR count). The number of nitrogens with one attached hydrogen (secondary N) is 1. The second-order valence-corrected chi connectivity index (χ2v) is 7.83. The van der Waals surface area contributed by atoms with Crippen LogP contribution in [0.1, 0.15) is 29.6 Å². The molecule has 1 unspecified atom stereocenters. The van der Waals surface area contributed by atoms with E-state index >= 15 is 0 Å². The molecule has 6 nitrogen and oxygen atoms in total. The molecule has 1 atom stereocenters. The third kappa shape index (κ3) is 5.16. The lowest BCUT2D eigenvalue weighted by molar-refractivity contribution is -0.116. The lowest BCUT2D eigenvalue weighted by atomic mass is 10.2. The van der Waals surface area contributed by atoms with Crippen LogP contribution < -0.4 is 5.32 Å². The monoisotopic (exact) mass is 429 g/mol. The van der Waals surface area contributed by atoms with Gasteiger partial charge in [0.05, 0.1) is 17.1 Å². The molecular formula is C22H25ClFN5O. The van der Waals surface area contributed by atoms with Gasteiger partial charge in [0, 0.05) is 30.4 Å². The van der Waals surface area contributed by atoms with Gasteiger partial charge in [-0.05, 0) is 63.1 Å². The van der Waals surface area contributed by atoms with Crippen LogP contribution in [0.15, 0.2) is 36.4 Å². The molecule has 0 aliphatic rings. The van der Waals surface area contributed by atoms with E-state index in [4.69, 9.17) is 11.6 Å². The molecule has 8 heteroatoms. The predicted octanol–water partition coefficient (Wildman–Crippen LogP) is 4.25. The number of hydrogen-bond donors (Lipinski definition) is 1. The molecule has 158 valence electrons. The van der Waals surface area contributed by atoms with E-state index < -0.39 is 0 Å². The molecule has 0 spiro atoms. The molecule has 0 fully saturated rings. The third-order valence-corrected chi connectivity index (χ3v) is 5.10. The quantitative estimate of drug-likeness (QED) is 0.571. The molecule has 1 amide bonds. The molecular weight excluding hydrogens is 405 g/mol. The van der Waals surface area contributed by atoms with Crippen molar-refractivity contribution in [1.82, 2.24) is 24.9 Å². The fourth-order valence-corrected chi connectivity index (χ4v) is 3.50. The maximum absolute atomic E-state index is 13.1. The van der Waals surface area contributed by atoms with Crippen molar-refractivity contribution >= 4 is 23.6 Å². The van der Waals surface area contributed by atoms with Gasteiger partial charge in [0.2, 0.25) is 5.91 Å². The number of aryl methyl sites for hydroxylation is 3. The summed E-state index contributed by atoms with van der Waals surface area (Å²) in [6.45, 7) is 9.12. The number of halogens is 2. The van der Waals surface area contributed by atoms with Crippen molar-refractivity contribution in [3.8, 4) is 5.69 Å². The highest BCUT2D eigenvalue weighted by molar-refractivity contribution is 6.31. The van der Waals surface area contributed by atoms with E-state index in [0.29, 0.717) is 28.6 Å². The van der Waals surface area contributed by atoms with Gasteiger partial charge in [0.1, 0.15) is 11.0 Å². The Morgan fingerprint density at radius 2 is 1.93 bits per heavy atom. The van der Waals surface area contributed by atoms with E-state index in [1.165, 1.54) is 22.9 Å². The molecule has 2 heterocycles. The Kier molecular flexibility index (Phi) is 6.72. The fourth-order valence-electron chi connectivity index (χ4n) is 3.17. The largest absolute Gasteiger partial charge is 0.352 e. The van der Waals surface area contributed by atoms with Gasteiger partial charge in [-0.3, -0.25) is 9.48 Å². The lowest BCUT2D eigenvalue weighted by Crippen LogP contribution is -2.29. The molecule has 0 saturated heterocycles.